The Labute approximate surface area is 169 Å². The van der Waals surface area contributed by atoms with Crippen LogP contribution >= 0.6 is 0 Å². The second-order valence-corrected chi connectivity index (χ2v) is 7.23. The molecule has 29 heavy (non-hydrogen) atoms. The van der Waals surface area contributed by atoms with E-state index >= 15 is 0 Å². The number of aromatic nitrogens is 2. The van der Waals surface area contributed by atoms with Crippen molar-refractivity contribution in [1.29, 1.82) is 0 Å². The quantitative estimate of drug-likeness (QED) is 0.843. The molecule has 1 fully saturated rings. The highest BCUT2D eigenvalue weighted by atomic mass is 16.5. The summed E-state index contributed by atoms with van der Waals surface area (Å²) in [5.74, 6) is 1.37. The van der Waals surface area contributed by atoms with Gasteiger partial charge in [0, 0.05) is 44.7 Å². The fourth-order valence-electron chi connectivity index (χ4n) is 3.82. The number of carbonyl (C=O) groups excluding carboxylic acids is 2. The van der Waals surface area contributed by atoms with Crippen molar-refractivity contribution in [2.45, 2.75) is 19.3 Å². The lowest BCUT2D eigenvalue weighted by molar-refractivity contribution is 0.0940. The third kappa shape index (κ3) is 4.16. The largest absolute Gasteiger partial charge is 0.453 e. The summed E-state index contributed by atoms with van der Waals surface area (Å²) >= 11 is 0. The molecule has 2 amide bonds. The molecule has 0 atom stereocenters. The van der Waals surface area contributed by atoms with E-state index in [9.17, 15) is 9.59 Å². The van der Waals surface area contributed by atoms with Crippen LogP contribution in [0, 0.1) is 0 Å². The van der Waals surface area contributed by atoms with E-state index in [0.717, 1.165) is 17.8 Å². The van der Waals surface area contributed by atoms with Gasteiger partial charge in [-0.05, 0) is 18.4 Å². The minimum absolute atomic E-state index is 0.135. The molecule has 152 valence electrons. The Hall–Kier alpha value is -3.16. The summed E-state index contributed by atoms with van der Waals surface area (Å²) in [7, 11) is 1.40. The molecule has 2 aliphatic rings. The van der Waals surface area contributed by atoms with Crippen LogP contribution in [0.5, 0.6) is 0 Å². The lowest BCUT2D eigenvalue weighted by Gasteiger charge is -2.36. The number of aryl methyl sites for hydroxylation is 2. The highest BCUT2D eigenvalue weighted by Gasteiger charge is 2.29. The molecule has 0 bridgehead atoms. The summed E-state index contributed by atoms with van der Waals surface area (Å²) < 4.78 is 4.82. The van der Waals surface area contributed by atoms with Crippen molar-refractivity contribution < 1.29 is 14.3 Å². The van der Waals surface area contributed by atoms with Crippen LogP contribution in [-0.2, 0) is 24.0 Å². The van der Waals surface area contributed by atoms with Crippen LogP contribution in [0.1, 0.15) is 27.4 Å². The second kappa shape index (κ2) is 8.46. The number of anilines is 1. The average molecular weight is 395 g/mol. The molecule has 1 N–H and O–H groups in total. The predicted octanol–water partition coefficient (Wildman–Crippen LogP) is 1.44. The number of amides is 2. The fourth-order valence-corrected chi connectivity index (χ4v) is 3.82. The molecule has 0 spiro atoms. The van der Waals surface area contributed by atoms with Crippen LogP contribution in [0.3, 0.4) is 0 Å². The Kier molecular flexibility index (Phi) is 5.59. The maximum absolute atomic E-state index is 12.4. The number of piperazine rings is 1. The molecule has 4 rings (SSSR count). The Morgan fingerprint density at radius 3 is 2.59 bits per heavy atom. The minimum Gasteiger partial charge on any atom is -0.453 e. The molecule has 1 aromatic carbocycles. The molecule has 2 aromatic rings. The van der Waals surface area contributed by atoms with E-state index in [4.69, 9.17) is 9.72 Å². The van der Waals surface area contributed by atoms with Gasteiger partial charge in [-0.15, -0.1) is 0 Å². The molecular formula is C21H25N5O3. The maximum atomic E-state index is 12.4. The highest BCUT2D eigenvalue weighted by molar-refractivity contribution is 5.96. The number of benzene rings is 1. The first-order valence-corrected chi connectivity index (χ1v) is 9.95. The molecule has 3 heterocycles. The second-order valence-electron chi connectivity index (χ2n) is 7.23. The fraction of sp³-hybridized carbons (Fsp3) is 0.429. The first-order chi connectivity index (χ1) is 14.2. The number of hydrogen-bond donors (Lipinski definition) is 1. The van der Waals surface area contributed by atoms with Crippen LogP contribution in [0.15, 0.2) is 30.3 Å². The number of nitrogens with one attached hydrogen (secondary N) is 1. The number of methoxy groups -OCH3 is 1. The molecule has 8 heteroatoms. The van der Waals surface area contributed by atoms with Crippen molar-refractivity contribution in [3.63, 3.8) is 0 Å². The normalized spacial score (nSPS) is 16.2. The molecule has 8 nitrogen and oxygen atoms in total. The molecule has 0 radical (unpaired) electrons. The number of carbonyl (C=O) groups is 2. The first kappa shape index (κ1) is 19.2. The maximum Gasteiger partial charge on any atom is 0.409 e. The van der Waals surface area contributed by atoms with Crippen molar-refractivity contribution in [2.24, 2.45) is 0 Å². The van der Waals surface area contributed by atoms with E-state index in [1.54, 1.807) is 4.90 Å². The van der Waals surface area contributed by atoms with Gasteiger partial charge in [-0.25, -0.2) is 14.8 Å². The monoisotopic (exact) mass is 395 g/mol. The summed E-state index contributed by atoms with van der Waals surface area (Å²) in [4.78, 5) is 37.5. The van der Waals surface area contributed by atoms with Crippen molar-refractivity contribution >= 4 is 17.8 Å². The van der Waals surface area contributed by atoms with Gasteiger partial charge in [0.1, 0.15) is 17.3 Å². The van der Waals surface area contributed by atoms with Gasteiger partial charge in [-0.2, -0.15) is 0 Å². The Morgan fingerprint density at radius 1 is 1.10 bits per heavy atom. The SMILES string of the molecule is COC(=O)N1CCN(c2nc(CCc3ccccc3)nc3c2CCNC3=O)CC1. The van der Waals surface area contributed by atoms with Crippen LogP contribution < -0.4 is 10.2 Å². The van der Waals surface area contributed by atoms with Gasteiger partial charge in [0.05, 0.1) is 7.11 Å². The molecule has 1 aromatic heterocycles. The molecule has 0 saturated carbocycles. The molecular weight excluding hydrogens is 370 g/mol. The number of hydrogen-bond acceptors (Lipinski definition) is 6. The number of rotatable bonds is 4. The number of fused-ring (bicyclic) bond motifs is 1. The zero-order chi connectivity index (χ0) is 20.2. The van der Waals surface area contributed by atoms with Gasteiger partial charge in [0.25, 0.3) is 5.91 Å². The zero-order valence-corrected chi connectivity index (χ0v) is 16.6. The summed E-state index contributed by atoms with van der Waals surface area (Å²) in [6.45, 7) is 3.03. The van der Waals surface area contributed by atoms with Gasteiger partial charge in [0.2, 0.25) is 0 Å². The van der Waals surface area contributed by atoms with Gasteiger partial charge in [-0.1, -0.05) is 30.3 Å². The van der Waals surface area contributed by atoms with Gasteiger partial charge in [-0.3, -0.25) is 4.79 Å². The smallest absolute Gasteiger partial charge is 0.409 e. The third-order valence-corrected chi connectivity index (χ3v) is 5.40. The molecule has 0 aliphatic carbocycles. The molecule has 1 saturated heterocycles. The Balaban J connectivity index is 1.58. The van der Waals surface area contributed by atoms with Gasteiger partial charge >= 0.3 is 6.09 Å². The van der Waals surface area contributed by atoms with Crippen molar-refractivity contribution in [3.05, 3.63) is 53.0 Å². The van der Waals surface area contributed by atoms with Crippen LogP contribution in [0.2, 0.25) is 0 Å². The van der Waals surface area contributed by atoms with Crippen LogP contribution in [-0.4, -0.2) is 66.7 Å². The third-order valence-electron chi connectivity index (χ3n) is 5.40. The number of ether oxygens (including phenoxy) is 1. The predicted molar refractivity (Wildman–Crippen MR) is 108 cm³/mol. The van der Waals surface area contributed by atoms with E-state index in [2.05, 4.69) is 27.3 Å². The Morgan fingerprint density at radius 2 is 1.86 bits per heavy atom. The molecule has 2 aliphatic heterocycles. The lowest BCUT2D eigenvalue weighted by atomic mass is 10.0. The van der Waals surface area contributed by atoms with E-state index < -0.39 is 0 Å². The van der Waals surface area contributed by atoms with Gasteiger partial charge < -0.3 is 19.9 Å². The van der Waals surface area contributed by atoms with E-state index in [1.165, 1.54) is 12.7 Å². The van der Waals surface area contributed by atoms with Crippen molar-refractivity contribution in [3.8, 4) is 0 Å². The van der Waals surface area contributed by atoms with Crippen LogP contribution in [0.4, 0.5) is 10.6 Å². The molecule has 0 unspecified atom stereocenters. The van der Waals surface area contributed by atoms with E-state index in [1.807, 2.05) is 18.2 Å². The number of nitrogens with zero attached hydrogens (tertiary/aromatic N) is 4. The Bertz CT molecular complexity index is 895. The van der Waals surface area contributed by atoms with Crippen LogP contribution in [0.25, 0.3) is 0 Å². The first-order valence-electron chi connectivity index (χ1n) is 9.95. The van der Waals surface area contributed by atoms with E-state index in [-0.39, 0.29) is 12.0 Å². The summed E-state index contributed by atoms with van der Waals surface area (Å²) in [6, 6.07) is 10.2. The zero-order valence-electron chi connectivity index (χ0n) is 16.6. The highest BCUT2D eigenvalue weighted by Crippen LogP contribution is 2.25. The van der Waals surface area contributed by atoms with Gasteiger partial charge in [0.15, 0.2) is 0 Å². The summed E-state index contributed by atoms with van der Waals surface area (Å²) in [5.41, 5.74) is 2.61. The standard InChI is InChI=1S/C21H25N5O3/c1-29-21(28)26-13-11-25(12-14-26)19-16-9-10-22-20(27)18(16)23-17(24-19)8-7-15-5-3-2-4-6-15/h2-6H,7-14H2,1H3,(H,22,27). The average Bonchev–Trinajstić information content (AvgIpc) is 2.78. The summed E-state index contributed by atoms with van der Waals surface area (Å²) in [6.07, 6.45) is 1.89. The minimum atomic E-state index is -0.308. The lowest BCUT2D eigenvalue weighted by Crippen LogP contribution is -2.49. The van der Waals surface area contributed by atoms with E-state index in [0.29, 0.717) is 57.1 Å². The topological polar surface area (TPSA) is 87.7 Å². The van der Waals surface area contributed by atoms with Crippen molar-refractivity contribution in [2.75, 3.05) is 44.7 Å². The summed E-state index contributed by atoms with van der Waals surface area (Å²) in [5, 5.41) is 2.88. The van der Waals surface area contributed by atoms with Crippen molar-refractivity contribution in [1.82, 2.24) is 20.2 Å².